The van der Waals surface area contributed by atoms with E-state index >= 15 is 0 Å². The molecule has 0 aromatic heterocycles. The SMILES string of the molecule is CC1CSCCN1C(=O)c1ccc(Br)c(N)c1. The highest BCUT2D eigenvalue weighted by molar-refractivity contribution is 9.10. The van der Waals surface area contributed by atoms with Gasteiger partial charge in [0, 0.05) is 39.8 Å². The Morgan fingerprint density at radius 3 is 3.00 bits per heavy atom. The van der Waals surface area contributed by atoms with Crippen LogP contribution in [0, 0.1) is 0 Å². The number of carbonyl (C=O) groups is 1. The van der Waals surface area contributed by atoms with E-state index in [2.05, 4.69) is 22.9 Å². The minimum absolute atomic E-state index is 0.0806. The lowest BCUT2D eigenvalue weighted by Gasteiger charge is -2.33. The van der Waals surface area contributed by atoms with Crippen molar-refractivity contribution < 1.29 is 4.79 Å². The Balaban J connectivity index is 2.21. The molecule has 0 aliphatic carbocycles. The van der Waals surface area contributed by atoms with E-state index in [0.29, 0.717) is 17.3 Å². The Labute approximate surface area is 114 Å². The molecule has 1 aromatic carbocycles. The zero-order valence-corrected chi connectivity index (χ0v) is 12.1. The molecule has 2 N–H and O–H groups in total. The van der Waals surface area contributed by atoms with Crippen LogP contribution in [0.25, 0.3) is 0 Å². The van der Waals surface area contributed by atoms with Crippen molar-refractivity contribution in [2.45, 2.75) is 13.0 Å². The van der Waals surface area contributed by atoms with Gasteiger partial charge in [-0.2, -0.15) is 11.8 Å². The number of hydrogen-bond donors (Lipinski definition) is 1. The number of halogens is 1. The Morgan fingerprint density at radius 2 is 2.35 bits per heavy atom. The van der Waals surface area contributed by atoms with Gasteiger partial charge in [0.1, 0.15) is 0 Å². The highest BCUT2D eigenvalue weighted by atomic mass is 79.9. The number of nitrogens with zero attached hydrogens (tertiary/aromatic N) is 1. The van der Waals surface area contributed by atoms with Crippen LogP contribution in [0.2, 0.25) is 0 Å². The molecule has 5 heteroatoms. The second-order valence-corrected chi connectivity index (χ2v) is 6.16. The fourth-order valence-corrected chi connectivity index (χ4v) is 3.13. The number of anilines is 1. The van der Waals surface area contributed by atoms with Crippen molar-refractivity contribution in [1.29, 1.82) is 0 Å². The molecule has 0 bridgehead atoms. The van der Waals surface area contributed by atoms with Crippen molar-refractivity contribution >= 4 is 39.3 Å². The van der Waals surface area contributed by atoms with Gasteiger partial charge in [-0.05, 0) is 41.1 Å². The first-order chi connectivity index (χ1) is 8.09. The van der Waals surface area contributed by atoms with Crippen LogP contribution in [-0.2, 0) is 0 Å². The maximum atomic E-state index is 12.3. The van der Waals surface area contributed by atoms with Crippen molar-refractivity contribution in [3.05, 3.63) is 28.2 Å². The van der Waals surface area contributed by atoms with Crippen LogP contribution in [0.15, 0.2) is 22.7 Å². The normalized spacial score (nSPS) is 20.4. The van der Waals surface area contributed by atoms with E-state index in [1.807, 2.05) is 28.8 Å². The fourth-order valence-electron chi connectivity index (χ4n) is 1.87. The Morgan fingerprint density at radius 1 is 1.59 bits per heavy atom. The first kappa shape index (κ1) is 12.8. The summed E-state index contributed by atoms with van der Waals surface area (Å²) in [6.45, 7) is 2.91. The van der Waals surface area contributed by atoms with Crippen LogP contribution in [0.4, 0.5) is 5.69 Å². The number of carbonyl (C=O) groups excluding carboxylic acids is 1. The Bertz CT molecular complexity index is 439. The average Bonchev–Trinajstić information content (AvgIpc) is 2.32. The lowest BCUT2D eigenvalue weighted by molar-refractivity contribution is 0.0716. The lowest BCUT2D eigenvalue weighted by Crippen LogP contribution is -2.44. The van der Waals surface area contributed by atoms with Gasteiger partial charge >= 0.3 is 0 Å². The van der Waals surface area contributed by atoms with Crippen molar-refractivity contribution in [3.63, 3.8) is 0 Å². The minimum atomic E-state index is 0.0806. The van der Waals surface area contributed by atoms with Crippen LogP contribution >= 0.6 is 27.7 Å². The highest BCUT2D eigenvalue weighted by Crippen LogP contribution is 2.23. The van der Waals surface area contributed by atoms with Gasteiger partial charge in [-0.25, -0.2) is 0 Å². The second kappa shape index (κ2) is 5.31. The number of benzene rings is 1. The molecule has 1 atom stereocenters. The molecule has 2 rings (SSSR count). The number of nitrogens with two attached hydrogens (primary N) is 1. The molecule has 0 spiro atoms. The molecule has 1 aliphatic heterocycles. The van der Waals surface area contributed by atoms with Crippen molar-refractivity contribution in [3.8, 4) is 0 Å². The molecule has 17 heavy (non-hydrogen) atoms. The van der Waals surface area contributed by atoms with Crippen LogP contribution in [0.1, 0.15) is 17.3 Å². The number of nitrogen functional groups attached to an aromatic ring is 1. The van der Waals surface area contributed by atoms with E-state index in [1.54, 1.807) is 6.07 Å². The number of hydrogen-bond acceptors (Lipinski definition) is 3. The third-order valence-corrected chi connectivity index (χ3v) is 4.78. The summed E-state index contributed by atoms with van der Waals surface area (Å²) in [6.07, 6.45) is 0. The maximum absolute atomic E-state index is 12.3. The molecule has 0 saturated carbocycles. The molecule has 1 heterocycles. The quantitative estimate of drug-likeness (QED) is 0.810. The Hall–Kier alpha value is -0.680. The third kappa shape index (κ3) is 2.77. The van der Waals surface area contributed by atoms with E-state index in [1.165, 1.54) is 0 Å². The monoisotopic (exact) mass is 314 g/mol. The summed E-state index contributed by atoms with van der Waals surface area (Å²) in [6, 6.07) is 5.68. The average molecular weight is 315 g/mol. The molecule has 1 unspecified atom stereocenters. The standard InChI is InChI=1S/C12H15BrN2OS/c1-8-7-17-5-4-15(8)12(16)9-2-3-10(13)11(14)6-9/h2-3,6,8H,4-5,7,14H2,1H3. The van der Waals surface area contributed by atoms with Gasteiger partial charge < -0.3 is 10.6 Å². The zero-order valence-electron chi connectivity index (χ0n) is 9.65. The van der Waals surface area contributed by atoms with Gasteiger partial charge in [-0.3, -0.25) is 4.79 Å². The van der Waals surface area contributed by atoms with E-state index in [0.717, 1.165) is 22.5 Å². The van der Waals surface area contributed by atoms with Crippen molar-refractivity contribution in [2.75, 3.05) is 23.8 Å². The van der Waals surface area contributed by atoms with Crippen molar-refractivity contribution in [1.82, 2.24) is 4.90 Å². The van der Waals surface area contributed by atoms with E-state index < -0.39 is 0 Å². The van der Waals surface area contributed by atoms with E-state index in [4.69, 9.17) is 5.73 Å². The summed E-state index contributed by atoms with van der Waals surface area (Å²) >= 11 is 5.23. The smallest absolute Gasteiger partial charge is 0.254 e. The molecule has 1 amide bonds. The lowest BCUT2D eigenvalue weighted by atomic mass is 10.1. The Kier molecular flexibility index (Phi) is 3.99. The highest BCUT2D eigenvalue weighted by Gasteiger charge is 2.24. The van der Waals surface area contributed by atoms with Gasteiger partial charge in [-0.1, -0.05) is 0 Å². The first-order valence-electron chi connectivity index (χ1n) is 5.53. The van der Waals surface area contributed by atoms with Gasteiger partial charge in [0.05, 0.1) is 0 Å². The third-order valence-electron chi connectivity index (χ3n) is 2.87. The second-order valence-electron chi connectivity index (χ2n) is 4.16. The minimum Gasteiger partial charge on any atom is -0.398 e. The van der Waals surface area contributed by atoms with Crippen LogP contribution < -0.4 is 5.73 Å². The summed E-state index contributed by atoms with van der Waals surface area (Å²) in [4.78, 5) is 14.2. The fraction of sp³-hybridized carbons (Fsp3) is 0.417. The molecule has 1 aliphatic rings. The van der Waals surface area contributed by atoms with Gasteiger partial charge in [-0.15, -0.1) is 0 Å². The largest absolute Gasteiger partial charge is 0.398 e. The molecule has 3 nitrogen and oxygen atoms in total. The van der Waals surface area contributed by atoms with Crippen molar-refractivity contribution in [2.24, 2.45) is 0 Å². The topological polar surface area (TPSA) is 46.3 Å². The molecule has 1 saturated heterocycles. The summed E-state index contributed by atoms with van der Waals surface area (Å²) in [5.41, 5.74) is 7.08. The number of thioether (sulfide) groups is 1. The van der Waals surface area contributed by atoms with Crippen LogP contribution in [-0.4, -0.2) is 34.9 Å². The predicted molar refractivity (Wildman–Crippen MR) is 76.4 cm³/mol. The molecule has 92 valence electrons. The van der Waals surface area contributed by atoms with E-state index in [-0.39, 0.29) is 5.91 Å². The van der Waals surface area contributed by atoms with Gasteiger partial charge in [0.15, 0.2) is 0 Å². The molecular formula is C12H15BrN2OS. The maximum Gasteiger partial charge on any atom is 0.254 e. The number of amides is 1. The molecule has 0 radical (unpaired) electrons. The van der Waals surface area contributed by atoms with Gasteiger partial charge in [0.2, 0.25) is 0 Å². The number of rotatable bonds is 1. The summed E-state index contributed by atoms with van der Waals surface area (Å²) in [5.74, 6) is 2.11. The van der Waals surface area contributed by atoms with Gasteiger partial charge in [0.25, 0.3) is 5.91 Å². The first-order valence-corrected chi connectivity index (χ1v) is 7.48. The zero-order chi connectivity index (χ0) is 12.4. The molecule has 1 aromatic rings. The van der Waals surface area contributed by atoms with Crippen LogP contribution in [0.5, 0.6) is 0 Å². The predicted octanol–water partition coefficient (Wildman–Crippen LogP) is 2.61. The summed E-state index contributed by atoms with van der Waals surface area (Å²) in [5, 5.41) is 0. The van der Waals surface area contributed by atoms with E-state index in [9.17, 15) is 4.79 Å². The summed E-state index contributed by atoms with van der Waals surface area (Å²) < 4.78 is 0.830. The molecule has 1 fully saturated rings. The van der Waals surface area contributed by atoms with Crippen LogP contribution in [0.3, 0.4) is 0 Å². The molecular weight excluding hydrogens is 300 g/mol. The summed E-state index contributed by atoms with van der Waals surface area (Å²) in [7, 11) is 0.